The van der Waals surface area contributed by atoms with E-state index >= 15 is 0 Å². The summed E-state index contributed by atoms with van der Waals surface area (Å²) in [5.74, 6) is -0.685. The number of hydrogen-bond acceptors (Lipinski definition) is 6. The van der Waals surface area contributed by atoms with E-state index < -0.39 is 23.7 Å². The van der Waals surface area contributed by atoms with Gasteiger partial charge in [0, 0.05) is 17.0 Å². The average molecular weight is 444 g/mol. The summed E-state index contributed by atoms with van der Waals surface area (Å²) >= 11 is 6.27. The molecule has 0 fully saturated rings. The van der Waals surface area contributed by atoms with Crippen molar-refractivity contribution >= 4 is 34.6 Å². The van der Waals surface area contributed by atoms with E-state index in [4.69, 9.17) is 25.5 Å². The molecule has 1 aromatic heterocycles. The van der Waals surface area contributed by atoms with Gasteiger partial charge in [-0.25, -0.2) is 14.4 Å². The molecule has 8 heteroatoms. The monoisotopic (exact) mass is 443 g/mol. The zero-order valence-corrected chi connectivity index (χ0v) is 18.1. The van der Waals surface area contributed by atoms with E-state index in [2.05, 4.69) is 5.32 Å². The first-order valence-corrected chi connectivity index (χ1v) is 10.1. The fourth-order valence-corrected chi connectivity index (χ4v) is 3.14. The van der Waals surface area contributed by atoms with Crippen LogP contribution in [-0.2, 0) is 16.1 Å². The summed E-state index contributed by atoms with van der Waals surface area (Å²) < 4.78 is 15.8. The van der Waals surface area contributed by atoms with E-state index in [1.165, 1.54) is 6.07 Å². The van der Waals surface area contributed by atoms with Gasteiger partial charge >= 0.3 is 17.7 Å². The van der Waals surface area contributed by atoms with Crippen LogP contribution in [0.5, 0.6) is 5.75 Å². The summed E-state index contributed by atoms with van der Waals surface area (Å²) in [5.41, 5.74) is 1.82. The van der Waals surface area contributed by atoms with Crippen LogP contribution in [0.2, 0.25) is 5.02 Å². The maximum Gasteiger partial charge on any atom is 0.408 e. The summed E-state index contributed by atoms with van der Waals surface area (Å²) in [6, 6.07) is 11.2. The molecule has 1 atom stereocenters. The molecule has 0 bridgehead atoms. The lowest BCUT2D eigenvalue weighted by molar-refractivity contribution is -0.136. The van der Waals surface area contributed by atoms with E-state index in [-0.39, 0.29) is 29.4 Å². The first-order chi connectivity index (χ1) is 14.8. The van der Waals surface area contributed by atoms with Crippen molar-refractivity contribution in [1.29, 1.82) is 0 Å². The SMILES string of the molecule is CCC(NC(=O)OCc1ccccc1)C(=O)Oc1cc2oc(=O)c(C)c(C)c2cc1Cl. The molecule has 0 saturated heterocycles. The van der Waals surface area contributed by atoms with Crippen molar-refractivity contribution in [2.45, 2.75) is 39.8 Å². The Morgan fingerprint density at radius 3 is 2.52 bits per heavy atom. The molecule has 1 amide bonds. The minimum atomic E-state index is -0.943. The zero-order chi connectivity index (χ0) is 22.5. The molecule has 0 aliphatic heterocycles. The Morgan fingerprint density at radius 1 is 1.13 bits per heavy atom. The number of hydrogen-bond donors (Lipinski definition) is 1. The minimum Gasteiger partial charge on any atom is -0.445 e. The van der Waals surface area contributed by atoms with Crippen molar-refractivity contribution in [2.24, 2.45) is 0 Å². The van der Waals surface area contributed by atoms with Gasteiger partial charge in [0.2, 0.25) is 0 Å². The van der Waals surface area contributed by atoms with E-state index in [9.17, 15) is 14.4 Å². The van der Waals surface area contributed by atoms with E-state index in [0.717, 1.165) is 11.1 Å². The lowest BCUT2D eigenvalue weighted by Crippen LogP contribution is -2.42. The fourth-order valence-electron chi connectivity index (χ4n) is 2.94. The number of alkyl carbamates (subject to hydrolysis) is 1. The van der Waals surface area contributed by atoms with Gasteiger partial charge in [0.05, 0.1) is 5.02 Å². The summed E-state index contributed by atoms with van der Waals surface area (Å²) in [6.45, 7) is 5.24. The van der Waals surface area contributed by atoms with Crippen LogP contribution in [0.1, 0.15) is 30.0 Å². The molecular weight excluding hydrogens is 422 g/mol. The summed E-state index contributed by atoms with van der Waals surface area (Å²) in [4.78, 5) is 36.6. The van der Waals surface area contributed by atoms with Gasteiger partial charge in [-0.1, -0.05) is 48.9 Å². The standard InChI is InChI=1S/C23H22ClNO6/c1-4-18(25-23(28)29-12-15-8-6-5-7-9-15)22(27)31-20-11-19-16(10-17(20)24)13(2)14(3)21(26)30-19/h5-11,18H,4,12H2,1-3H3,(H,25,28). The molecule has 2 aromatic carbocycles. The lowest BCUT2D eigenvalue weighted by Gasteiger charge is -2.16. The van der Waals surface area contributed by atoms with Gasteiger partial charge in [-0.2, -0.15) is 0 Å². The zero-order valence-electron chi connectivity index (χ0n) is 17.4. The first-order valence-electron chi connectivity index (χ1n) is 9.72. The molecule has 7 nitrogen and oxygen atoms in total. The van der Waals surface area contributed by atoms with E-state index in [0.29, 0.717) is 10.9 Å². The highest BCUT2D eigenvalue weighted by Gasteiger charge is 2.23. The highest BCUT2D eigenvalue weighted by atomic mass is 35.5. The Morgan fingerprint density at radius 2 is 1.84 bits per heavy atom. The summed E-state index contributed by atoms with van der Waals surface area (Å²) in [7, 11) is 0. The molecule has 0 aliphatic rings. The van der Waals surface area contributed by atoms with E-state index in [1.54, 1.807) is 26.8 Å². The Labute approximate surface area is 183 Å². The molecule has 1 unspecified atom stereocenters. The van der Waals surface area contributed by atoms with Crippen LogP contribution in [0.4, 0.5) is 4.79 Å². The quantitative estimate of drug-likeness (QED) is 0.338. The maximum absolute atomic E-state index is 12.6. The molecule has 0 spiro atoms. The van der Waals surface area contributed by atoms with Crippen molar-refractivity contribution in [3.8, 4) is 5.75 Å². The van der Waals surface area contributed by atoms with Crippen molar-refractivity contribution in [1.82, 2.24) is 5.32 Å². The third kappa shape index (κ3) is 5.24. The topological polar surface area (TPSA) is 94.8 Å². The summed E-state index contributed by atoms with van der Waals surface area (Å²) in [6.07, 6.45) is -0.466. The molecule has 162 valence electrons. The van der Waals surface area contributed by atoms with Gasteiger partial charge < -0.3 is 19.2 Å². The second-order valence-electron chi connectivity index (χ2n) is 7.01. The molecule has 3 rings (SSSR count). The number of carbonyl (C=O) groups excluding carboxylic acids is 2. The van der Waals surface area contributed by atoms with Crippen LogP contribution >= 0.6 is 11.6 Å². The van der Waals surface area contributed by atoms with Gasteiger partial charge in [-0.3, -0.25) is 0 Å². The maximum atomic E-state index is 12.6. The van der Waals surface area contributed by atoms with Crippen LogP contribution in [0, 0.1) is 13.8 Å². The number of rotatable bonds is 6. The molecule has 1 heterocycles. The number of esters is 1. The number of halogens is 1. The van der Waals surface area contributed by atoms with Crippen molar-refractivity contribution in [2.75, 3.05) is 0 Å². The first kappa shape index (κ1) is 22.4. The number of fused-ring (bicyclic) bond motifs is 1. The number of benzene rings is 2. The highest BCUT2D eigenvalue weighted by molar-refractivity contribution is 6.33. The van der Waals surface area contributed by atoms with Crippen LogP contribution < -0.4 is 15.7 Å². The van der Waals surface area contributed by atoms with Gasteiger partial charge in [0.25, 0.3) is 0 Å². The number of amides is 1. The van der Waals surface area contributed by atoms with Crippen molar-refractivity contribution in [3.05, 3.63) is 74.6 Å². The summed E-state index contributed by atoms with van der Waals surface area (Å²) in [5, 5.41) is 3.32. The van der Waals surface area contributed by atoms with Gasteiger partial charge in [-0.15, -0.1) is 0 Å². The number of ether oxygens (including phenoxy) is 2. The van der Waals surface area contributed by atoms with Crippen LogP contribution in [0.3, 0.4) is 0 Å². The number of aryl methyl sites for hydroxylation is 1. The molecule has 3 aromatic rings. The molecule has 0 aliphatic carbocycles. The smallest absolute Gasteiger partial charge is 0.408 e. The molecular formula is C23H22ClNO6. The van der Waals surface area contributed by atoms with Crippen LogP contribution in [0.25, 0.3) is 11.0 Å². The predicted molar refractivity (Wildman–Crippen MR) is 116 cm³/mol. The second-order valence-corrected chi connectivity index (χ2v) is 7.41. The normalized spacial score (nSPS) is 11.7. The van der Waals surface area contributed by atoms with Gasteiger partial charge in [-0.05, 0) is 37.5 Å². The third-order valence-electron chi connectivity index (χ3n) is 4.92. The Kier molecular flexibility index (Phi) is 6.97. The van der Waals surface area contributed by atoms with Crippen LogP contribution in [0.15, 0.2) is 51.7 Å². The Balaban J connectivity index is 1.70. The van der Waals surface area contributed by atoms with Crippen molar-refractivity contribution in [3.63, 3.8) is 0 Å². The van der Waals surface area contributed by atoms with Crippen molar-refractivity contribution < 1.29 is 23.5 Å². The third-order valence-corrected chi connectivity index (χ3v) is 5.21. The molecule has 0 saturated carbocycles. The van der Waals surface area contributed by atoms with Crippen LogP contribution in [-0.4, -0.2) is 18.1 Å². The number of carbonyl (C=O) groups is 2. The fraction of sp³-hybridized carbons (Fsp3) is 0.261. The Hall–Kier alpha value is -3.32. The molecule has 31 heavy (non-hydrogen) atoms. The number of nitrogens with one attached hydrogen (secondary N) is 1. The minimum absolute atomic E-state index is 0.0310. The van der Waals surface area contributed by atoms with E-state index in [1.807, 2.05) is 30.3 Å². The second kappa shape index (κ2) is 9.66. The van der Waals surface area contributed by atoms with Gasteiger partial charge in [0.15, 0.2) is 5.75 Å². The molecule has 1 N–H and O–H groups in total. The largest absolute Gasteiger partial charge is 0.445 e. The average Bonchev–Trinajstić information content (AvgIpc) is 2.76. The Bertz CT molecular complexity index is 1170. The van der Waals surface area contributed by atoms with Gasteiger partial charge in [0.1, 0.15) is 18.2 Å². The predicted octanol–water partition coefficient (Wildman–Crippen LogP) is 4.67. The lowest BCUT2D eigenvalue weighted by atomic mass is 10.1. The highest BCUT2D eigenvalue weighted by Crippen LogP contribution is 2.32. The molecule has 0 radical (unpaired) electrons.